The van der Waals surface area contributed by atoms with Crippen LogP contribution in [0.5, 0.6) is 0 Å². The van der Waals surface area contributed by atoms with Crippen LogP contribution in [0.25, 0.3) is 0 Å². The molecule has 0 aliphatic carbocycles. The molecule has 2 aromatic rings. The topological polar surface area (TPSA) is 119 Å². The maximum absolute atomic E-state index is 12.1. The fourth-order valence-corrected chi connectivity index (χ4v) is 2.14. The van der Waals surface area contributed by atoms with Gasteiger partial charge in [-0.1, -0.05) is 16.7 Å². The second-order valence-corrected chi connectivity index (χ2v) is 4.64. The Morgan fingerprint density at radius 2 is 2.38 bits per heavy atom. The van der Waals surface area contributed by atoms with E-state index in [-0.39, 0.29) is 16.8 Å². The van der Waals surface area contributed by atoms with Crippen LogP contribution in [-0.4, -0.2) is 30.8 Å². The number of hydrogen-bond donors (Lipinski definition) is 2. The molecule has 0 saturated carbocycles. The second-order valence-electron chi connectivity index (χ2n) is 4.26. The molecule has 2 heterocycles. The van der Waals surface area contributed by atoms with Gasteiger partial charge in [0.15, 0.2) is 10.7 Å². The number of carbonyl (C=O) groups excluding carboxylic acids is 1. The summed E-state index contributed by atoms with van der Waals surface area (Å²) in [5.74, 6) is -1.10. The van der Waals surface area contributed by atoms with E-state index in [1.807, 2.05) is 6.92 Å². The van der Waals surface area contributed by atoms with E-state index >= 15 is 0 Å². The first-order chi connectivity index (χ1) is 9.95. The summed E-state index contributed by atoms with van der Waals surface area (Å²) < 4.78 is 1.74. The lowest BCUT2D eigenvalue weighted by Crippen LogP contribution is -2.28. The Morgan fingerprint density at radius 3 is 2.95 bits per heavy atom. The van der Waals surface area contributed by atoms with Crippen LogP contribution in [-0.2, 0) is 6.54 Å². The van der Waals surface area contributed by atoms with Crippen molar-refractivity contribution in [2.45, 2.75) is 26.4 Å². The summed E-state index contributed by atoms with van der Waals surface area (Å²) in [5, 5.41) is 22.8. The van der Waals surface area contributed by atoms with Gasteiger partial charge in [0.1, 0.15) is 0 Å². The molecule has 10 heteroatoms. The second kappa shape index (κ2) is 5.92. The van der Waals surface area contributed by atoms with Crippen molar-refractivity contribution in [2.75, 3.05) is 0 Å². The molecule has 112 valence electrons. The minimum atomic E-state index is -0.734. The number of nitrogens with one attached hydrogen (secondary N) is 2. The maximum Gasteiger partial charge on any atom is 0.362 e. The normalized spacial score (nSPS) is 12.1. The van der Waals surface area contributed by atoms with Gasteiger partial charge in [-0.3, -0.25) is 9.48 Å². The van der Waals surface area contributed by atoms with Crippen molar-refractivity contribution in [2.24, 2.45) is 0 Å². The van der Waals surface area contributed by atoms with Gasteiger partial charge in [-0.2, -0.15) is 5.10 Å². The fraction of sp³-hybridized carbons (Fsp3) is 0.364. The lowest BCUT2D eigenvalue weighted by atomic mass is 10.2. The van der Waals surface area contributed by atoms with Crippen LogP contribution >= 0.6 is 11.6 Å². The van der Waals surface area contributed by atoms with E-state index in [1.165, 1.54) is 0 Å². The fourth-order valence-electron chi connectivity index (χ4n) is 1.90. The summed E-state index contributed by atoms with van der Waals surface area (Å²) >= 11 is 5.77. The number of halogens is 1. The maximum atomic E-state index is 12.1. The highest BCUT2D eigenvalue weighted by Crippen LogP contribution is 2.25. The molecular formula is C11H13ClN6O3. The zero-order valence-electron chi connectivity index (χ0n) is 11.3. The molecular weight excluding hydrogens is 300 g/mol. The molecule has 1 atom stereocenters. The lowest BCUT2D eigenvalue weighted by molar-refractivity contribution is -0.389. The molecule has 1 unspecified atom stereocenters. The third-order valence-electron chi connectivity index (χ3n) is 2.93. The summed E-state index contributed by atoms with van der Waals surface area (Å²) in [6, 6.07) is 1.44. The highest BCUT2D eigenvalue weighted by Gasteiger charge is 2.26. The predicted octanol–water partition coefficient (Wildman–Crippen LogP) is 1.68. The number of aromatic amines is 1. The first-order valence-electron chi connectivity index (χ1n) is 6.16. The molecule has 9 nitrogen and oxygen atoms in total. The molecule has 0 aliphatic heterocycles. The Balaban J connectivity index is 2.17. The van der Waals surface area contributed by atoms with Crippen LogP contribution in [0.3, 0.4) is 0 Å². The van der Waals surface area contributed by atoms with Gasteiger partial charge in [0, 0.05) is 12.7 Å². The molecule has 0 spiro atoms. The third-order valence-corrected chi connectivity index (χ3v) is 3.29. The average molecular weight is 313 g/mol. The lowest BCUT2D eigenvalue weighted by Gasteiger charge is -2.14. The van der Waals surface area contributed by atoms with E-state index in [0.717, 1.165) is 5.69 Å². The predicted molar refractivity (Wildman–Crippen MR) is 74.0 cm³/mol. The van der Waals surface area contributed by atoms with Gasteiger partial charge in [-0.25, -0.2) is 0 Å². The third kappa shape index (κ3) is 2.87. The Hall–Kier alpha value is -2.42. The van der Waals surface area contributed by atoms with Crippen LogP contribution in [0.2, 0.25) is 5.02 Å². The first-order valence-corrected chi connectivity index (χ1v) is 6.54. The van der Waals surface area contributed by atoms with Crippen molar-refractivity contribution in [3.63, 3.8) is 0 Å². The van der Waals surface area contributed by atoms with Gasteiger partial charge in [-0.15, -0.1) is 5.10 Å². The molecule has 1 amide bonds. The van der Waals surface area contributed by atoms with Crippen molar-refractivity contribution in [3.05, 3.63) is 38.8 Å². The quantitative estimate of drug-likeness (QED) is 0.643. The van der Waals surface area contributed by atoms with Crippen molar-refractivity contribution in [1.82, 2.24) is 25.3 Å². The minimum Gasteiger partial charge on any atom is -0.358 e. The summed E-state index contributed by atoms with van der Waals surface area (Å²) in [7, 11) is 0. The molecule has 0 aliphatic rings. The van der Waals surface area contributed by atoms with Gasteiger partial charge in [0.2, 0.25) is 0 Å². The highest BCUT2D eigenvalue weighted by molar-refractivity contribution is 6.35. The summed E-state index contributed by atoms with van der Waals surface area (Å²) in [6.07, 6.45) is 1.63. The summed E-state index contributed by atoms with van der Waals surface area (Å²) in [4.78, 5) is 22.0. The first kappa shape index (κ1) is 15.0. The number of nitrogens with zero attached hydrogens (tertiary/aromatic N) is 4. The van der Waals surface area contributed by atoms with E-state index in [2.05, 4.69) is 20.6 Å². The van der Waals surface area contributed by atoms with Gasteiger partial charge >= 0.3 is 5.82 Å². The van der Waals surface area contributed by atoms with Crippen LogP contribution in [0.4, 0.5) is 5.82 Å². The molecule has 0 bridgehead atoms. The molecule has 0 fully saturated rings. The molecule has 0 aromatic carbocycles. The Kier molecular flexibility index (Phi) is 4.22. The smallest absolute Gasteiger partial charge is 0.358 e. The van der Waals surface area contributed by atoms with Gasteiger partial charge in [0.25, 0.3) is 5.91 Å². The van der Waals surface area contributed by atoms with Crippen molar-refractivity contribution >= 4 is 23.3 Å². The number of rotatable bonds is 5. The molecule has 2 aromatic heterocycles. The highest BCUT2D eigenvalue weighted by atomic mass is 35.5. The SMILES string of the molecule is CCn1nccc1C(C)NC(=O)c1n[nH]c([N+](=O)[O-])c1Cl. The standard InChI is InChI=1S/C11H13ClN6O3/c1-3-17-7(4-5-13-17)6(2)14-11(19)9-8(12)10(16-15-9)18(20)21/h4-6H,3H2,1-2H3,(H,14,19)(H,15,16). The van der Waals surface area contributed by atoms with Crippen LogP contribution in [0.1, 0.15) is 36.1 Å². The van der Waals surface area contributed by atoms with Crippen molar-refractivity contribution < 1.29 is 9.72 Å². The van der Waals surface area contributed by atoms with Gasteiger partial charge in [0.05, 0.1) is 11.7 Å². The molecule has 2 N–H and O–H groups in total. The zero-order chi connectivity index (χ0) is 15.6. The monoisotopic (exact) mass is 312 g/mol. The number of aryl methyl sites for hydroxylation is 1. The number of hydrogen-bond acceptors (Lipinski definition) is 5. The Labute approximate surface area is 124 Å². The molecule has 0 radical (unpaired) electrons. The van der Waals surface area contributed by atoms with Crippen LogP contribution in [0.15, 0.2) is 12.3 Å². The van der Waals surface area contributed by atoms with Gasteiger partial charge < -0.3 is 15.4 Å². The summed E-state index contributed by atoms with van der Waals surface area (Å²) in [5.41, 5.74) is 0.602. The van der Waals surface area contributed by atoms with E-state index in [0.29, 0.717) is 6.54 Å². The average Bonchev–Trinajstić information content (AvgIpc) is 3.04. The largest absolute Gasteiger partial charge is 0.362 e. The van der Waals surface area contributed by atoms with Crippen LogP contribution in [0, 0.1) is 10.1 Å². The number of aromatic nitrogens is 4. The van der Waals surface area contributed by atoms with Crippen LogP contribution < -0.4 is 5.32 Å². The molecule has 21 heavy (non-hydrogen) atoms. The number of H-pyrrole nitrogens is 1. The Bertz CT molecular complexity index is 679. The molecule has 0 saturated heterocycles. The number of nitro groups is 1. The van der Waals surface area contributed by atoms with E-state index in [4.69, 9.17) is 11.6 Å². The van der Waals surface area contributed by atoms with E-state index in [1.54, 1.807) is 23.9 Å². The number of carbonyl (C=O) groups is 1. The minimum absolute atomic E-state index is 0.210. The van der Waals surface area contributed by atoms with Crippen molar-refractivity contribution in [3.8, 4) is 0 Å². The number of amides is 1. The Morgan fingerprint density at radius 1 is 1.67 bits per heavy atom. The molecule has 2 rings (SSSR count). The zero-order valence-corrected chi connectivity index (χ0v) is 12.1. The van der Waals surface area contributed by atoms with E-state index < -0.39 is 16.6 Å². The van der Waals surface area contributed by atoms with Crippen molar-refractivity contribution in [1.29, 1.82) is 0 Å². The summed E-state index contributed by atoms with van der Waals surface area (Å²) in [6.45, 7) is 4.37. The van der Waals surface area contributed by atoms with E-state index in [9.17, 15) is 14.9 Å². The van der Waals surface area contributed by atoms with Gasteiger partial charge in [-0.05, 0) is 24.8 Å².